The molecule has 0 unspecified atom stereocenters. The van der Waals surface area contributed by atoms with E-state index in [0.717, 1.165) is 6.42 Å². The van der Waals surface area contributed by atoms with E-state index in [1.165, 1.54) is 32.1 Å². The van der Waals surface area contributed by atoms with Gasteiger partial charge in [0.05, 0.1) is 6.42 Å². The van der Waals surface area contributed by atoms with Gasteiger partial charge in [-0.15, -0.1) is 0 Å². The summed E-state index contributed by atoms with van der Waals surface area (Å²) in [5.41, 5.74) is 1.21. The zero-order valence-electron chi connectivity index (χ0n) is 14.7. The molecule has 144 valence electrons. The molecule has 0 heterocycles. The number of carbonyl (C=O) groups excluding carboxylic acids is 2. The molecule has 7 heteroatoms. The smallest absolute Gasteiger partial charge is 0.347 e. The summed E-state index contributed by atoms with van der Waals surface area (Å²) in [4.78, 5) is 23.5. The zero-order valence-corrected chi connectivity index (χ0v) is 14.7. The first-order chi connectivity index (χ1) is 12.3. The molecule has 2 rings (SSSR count). The third kappa shape index (κ3) is 7.89. The first kappa shape index (κ1) is 20.3. The Balaban J connectivity index is 1.72. The van der Waals surface area contributed by atoms with Gasteiger partial charge in [0.25, 0.3) is 0 Å². The second kappa shape index (κ2) is 9.59. The van der Waals surface area contributed by atoms with Gasteiger partial charge in [0.15, 0.2) is 0 Å². The average molecular weight is 370 g/mol. The Bertz CT molecular complexity index is 594. The third-order valence-corrected chi connectivity index (χ3v) is 4.59. The Morgan fingerprint density at radius 2 is 1.65 bits per heavy atom. The molecule has 0 aromatic heterocycles. The summed E-state index contributed by atoms with van der Waals surface area (Å²) in [6.07, 6.45) is 3.07. The third-order valence-electron chi connectivity index (χ3n) is 4.59. The largest absolute Gasteiger partial charge is 0.405 e. The quantitative estimate of drug-likeness (QED) is 0.755. The molecule has 1 saturated carbocycles. The summed E-state index contributed by atoms with van der Waals surface area (Å²) < 4.78 is 36.2. The minimum absolute atomic E-state index is 0.0359. The van der Waals surface area contributed by atoms with Crippen LogP contribution in [0.4, 0.5) is 18.9 Å². The topological polar surface area (TPSA) is 58.2 Å². The lowest BCUT2D eigenvalue weighted by Crippen LogP contribution is -2.34. The molecule has 0 aliphatic heterocycles. The lowest BCUT2D eigenvalue weighted by molar-refractivity contribution is -0.138. The van der Waals surface area contributed by atoms with E-state index in [2.05, 4.69) is 5.32 Å². The molecule has 1 aliphatic carbocycles. The SMILES string of the molecule is O=C(Cc1ccc(NC(=O)CCC2CCCCC2)cc1)NCC(F)(F)F. The van der Waals surface area contributed by atoms with Crippen molar-refractivity contribution in [2.24, 2.45) is 5.92 Å². The molecule has 0 radical (unpaired) electrons. The first-order valence-corrected chi connectivity index (χ1v) is 9.04. The predicted octanol–water partition coefficient (Wildman–Crippen LogP) is 4.21. The van der Waals surface area contributed by atoms with E-state index >= 15 is 0 Å². The van der Waals surface area contributed by atoms with Gasteiger partial charge in [-0.3, -0.25) is 9.59 Å². The second-order valence-electron chi connectivity index (χ2n) is 6.86. The van der Waals surface area contributed by atoms with Gasteiger partial charge in [-0.05, 0) is 30.0 Å². The van der Waals surface area contributed by atoms with E-state index in [0.29, 0.717) is 23.6 Å². The molecule has 1 fully saturated rings. The van der Waals surface area contributed by atoms with Crippen molar-refractivity contribution in [3.63, 3.8) is 0 Å². The molecule has 0 bridgehead atoms. The summed E-state index contributed by atoms with van der Waals surface area (Å²) in [5, 5.41) is 4.65. The van der Waals surface area contributed by atoms with Crippen LogP contribution in [-0.4, -0.2) is 24.5 Å². The minimum atomic E-state index is -4.42. The van der Waals surface area contributed by atoms with Gasteiger partial charge in [-0.1, -0.05) is 44.2 Å². The van der Waals surface area contributed by atoms with Crippen molar-refractivity contribution < 1.29 is 22.8 Å². The van der Waals surface area contributed by atoms with Gasteiger partial charge in [0.1, 0.15) is 6.54 Å². The minimum Gasteiger partial charge on any atom is -0.347 e. The van der Waals surface area contributed by atoms with Crippen LogP contribution in [0.5, 0.6) is 0 Å². The van der Waals surface area contributed by atoms with Crippen molar-refractivity contribution in [1.29, 1.82) is 0 Å². The highest BCUT2D eigenvalue weighted by molar-refractivity contribution is 5.90. The molecule has 4 nitrogen and oxygen atoms in total. The Kier molecular flexibility index (Phi) is 7.48. The molecule has 2 amide bonds. The number of benzene rings is 1. The molecule has 26 heavy (non-hydrogen) atoms. The fraction of sp³-hybridized carbons (Fsp3) is 0.579. The molecule has 1 aliphatic rings. The molecule has 0 saturated heterocycles. The lowest BCUT2D eigenvalue weighted by atomic mass is 9.86. The fourth-order valence-corrected chi connectivity index (χ4v) is 3.19. The lowest BCUT2D eigenvalue weighted by Gasteiger charge is -2.21. The standard InChI is InChI=1S/C19H25F3N2O2/c20-19(21,22)13-23-18(26)12-15-6-9-16(10-7-15)24-17(25)11-8-14-4-2-1-3-5-14/h6-7,9-10,14H,1-5,8,11-13H2,(H,23,26)(H,24,25). The van der Waals surface area contributed by atoms with Crippen LogP contribution in [0.1, 0.15) is 50.5 Å². The Morgan fingerprint density at radius 1 is 1.00 bits per heavy atom. The number of alkyl halides is 3. The summed E-state index contributed by atoms with van der Waals surface area (Å²) >= 11 is 0. The number of amides is 2. The van der Waals surface area contributed by atoms with Gasteiger partial charge < -0.3 is 10.6 Å². The Morgan fingerprint density at radius 3 is 2.27 bits per heavy atom. The van der Waals surface area contributed by atoms with E-state index < -0.39 is 18.6 Å². The van der Waals surface area contributed by atoms with Crippen LogP contribution in [-0.2, 0) is 16.0 Å². The van der Waals surface area contributed by atoms with E-state index in [-0.39, 0.29) is 12.3 Å². The molecule has 0 spiro atoms. The van der Waals surface area contributed by atoms with Gasteiger partial charge in [0.2, 0.25) is 11.8 Å². The molecule has 1 aromatic carbocycles. The van der Waals surface area contributed by atoms with Crippen molar-refractivity contribution >= 4 is 17.5 Å². The number of anilines is 1. The zero-order chi connectivity index (χ0) is 19.0. The molecule has 0 atom stereocenters. The summed E-state index contributed by atoms with van der Waals surface area (Å²) in [6.45, 7) is -1.33. The first-order valence-electron chi connectivity index (χ1n) is 9.04. The van der Waals surface area contributed by atoms with Crippen molar-refractivity contribution in [1.82, 2.24) is 5.32 Å². The normalized spacial score (nSPS) is 15.5. The van der Waals surface area contributed by atoms with Crippen LogP contribution in [0.3, 0.4) is 0 Å². The van der Waals surface area contributed by atoms with Crippen LogP contribution in [0.15, 0.2) is 24.3 Å². The van der Waals surface area contributed by atoms with Gasteiger partial charge in [0, 0.05) is 12.1 Å². The molecule has 2 N–H and O–H groups in total. The van der Waals surface area contributed by atoms with E-state index in [4.69, 9.17) is 0 Å². The number of hydrogen-bond acceptors (Lipinski definition) is 2. The highest BCUT2D eigenvalue weighted by atomic mass is 19.4. The van der Waals surface area contributed by atoms with Crippen LogP contribution < -0.4 is 10.6 Å². The van der Waals surface area contributed by atoms with Crippen molar-refractivity contribution in [2.45, 2.75) is 57.5 Å². The summed E-state index contributed by atoms with van der Waals surface area (Å²) in [6, 6.07) is 6.57. The number of rotatable bonds is 7. The van der Waals surface area contributed by atoms with Crippen LogP contribution in [0, 0.1) is 5.92 Å². The highest BCUT2D eigenvalue weighted by Gasteiger charge is 2.27. The molecular weight excluding hydrogens is 345 g/mol. The molecular formula is C19H25F3N2O2. The summed E-state index contributed by atoms with van der Waals surface area (Å²) in [7, 11) is 0. The Hall–Kier alpha value is -2.05. The van der Waals surface area contributed by atoms with Crippen molar-refractivity contribution in [3.05, 3.63) is 29.8 Å². The van der Waals surface area contributed by atoms with E-state index in [9.17, 15) is 22.8 Å². The maximum Gasteiger partial charge on any atom is 0.405 e. The monoisotopic (exact) mass is 370 g/mol. The van der Waals surface area contributed by atoms with Crippen molar-refractivity contribution in [3.8, 4) is 0 Å². The van der Waals surface area contributed by atoms with Crippen LogP contribution >= 0.6 is 0 Å². The van der Waals surface area contributed by atoms with Gasteiger partial charge in [-0.2, -0.15) is 13.2 Å². The van der Waals surface area contributed by atoms with E-state index in [1.807, 2.05) is 5.32 Å². The van der Waals surface area contributed by atoms with Crippen LogP contribution in [0.25, 0.3) is 0 Å². The van der Waals surface area contributed by atoms with Gasteiger partial charge in [-0.25, -0.2) is 0 Å². The van der Waals surface area contributed by atoms with E-state index in [1.54, 1.807) is 24.3 Å². The van der Waals surface area contributed by atoms with Crippen molar-refractivity contribution in [2.75, 3.05) is 11.9 Å². The Labute approximate surface area is 151 Å². The fourth-order valence-electron chi connectivity index (χ4n) is 3.19. The number of carbonyl (C=O) groups is 2. The maximum absolute atomic E-state index is 12.1. The number of nitrogens with one attached hydrogen (secondary N) is 2. The van der Waals surface area contributed by atoms with Crippen LogP contribution in [0.2, 0.25) is 0 Å². The average Bonchev–Trinajstić information content (AvgIpc) is 2.60. The highest BCUT2D eigenvalue weighted by Crippen LogP contribution is 2.27. The molecule has 1 aromatic rings. The number of halogens is 3. The maximum atomic E-state index is 12.1. The van der Waals surface area contributed by atoms with Gasteiger partial charge >= 0.3 is 6.18 Å². The predicted molar refractivity (Wildman–Crippen MR) is 93.6 cm³/mol. The second-order valence-corrected chi connectivity index (χ2v) is 6.86. The number of hydrogen-bond donors (Lipinski definition) is 2. The summed E-state index contributed by atoms with van der Waals surface area (Å²) in [5.74, 6) is -0.0788.